The zero-order valence-electron chi connectivity index (χ0n) is 10.8. The number of rotatable bonds is 3. The molecule has 1 fully saturated rings. The van der Waals surface area contributed by atoms with E-state index in [-0.39, 0.29) is 34.1 Å². The number of amides is 1. The van der Waals surface area contributed by atoms with Crippen molar-refractivity contribution in [3.05, 3.63) is 32.8 Å². The summed E-state index contributed by atoms with van der Waals surface area (Å²) < 4.78 is 5.34. The molecule has 1 aromatic carbocycles. The normalized spacial score (nSPS) is 21.7. The van der Waals surface area contributed by atoms with E-state index in [0.717, 1.165) is 12.1 Å². The molecule has 0 bridgehead atoms. The lowest BCUT2D eigenvalue weighted by atomic mass is 10.1. The summed E-state index contributed by atoms with van der Waals surface area (Å²) in [4.78, 5) is 22.3. The summed E-state index contributed by atoms with van der Waals surface area (Å²) >= 11 is 5.82. The summed E-state index contributed by atoms with van der Waals surface area (Å²) in [6.45, 7) is 2.42. The number of nitro groups is 1. The predicted molar refractivity (Wildman–Crippen MR) is 73.8 cm³/mol. The highest BCUT2D eigenvalue weighted by Gasteiger charge is 2.27. The minimum atomic E-state index is -0.622. The first-order valence-corrected chi connectivity index (χ1v) is 6.44. The Morgan fingerprint density at radius 1 is 1.60 bits per heavy atom. The van der Waals surface area contributed by atoms with Crippen LogP contribution in [0.4, 0.5) is 11.4 Å². The molecule has 0 aromatic heterocycles. The number of nitrogens with two attached hydrogens (primary N) is 1. The van der Waals surface area contributed by atoms with Gasteiger partial charge >= 0.3 is 0 Å². The Bertz CT molecular complexity index is 564. The molecule has 2 unspecified atom stereocenters. The summed E-state index contributed by atoms with van der Waals surface area (Å²) in [5.41, 5.74) is 5.47. The van der Waals surface area contributed by atoms with Crippen molar-refractivity contribution in [2.75, 3.05) is 12.3 Å². The standard InChI is InChI=1S/C12H14ClN3O4/c1-6-10(2-3-20-6)15-12(17)8-4-7(16(18)19)5-9(13)11(8)14/h4-6,10H,2-3,14H2,1H3,(H,15,17). The number of carbonyl (C=O) groups excluding carboxylic acids is 1. The highest BCUT2D eigenvalue weighted by atomic mass is 35.5. The molecular weight excluding hydrogens is 286 g/mol. The topological polar surface area (TPSA) is 107 Å². The van der Waals surface area contributed by atoms with Gasteiger partial charge in [-0.2, -0.15) is 0 Å². The number of nitrogens with zero attached hydrogens (tertiary/aromatic N) is 1. The maximum Gasteiger partial charge on any atom is 0.271 e. The lowest BCUT2D eigenvalue weighted by molar-refractivity contribution is -0.384. The fraction of sp³-hybridized carbons (Fsp3) is 0.417. The SMILES string of the molecule is CC1OCCC1NC(=O)c1cc([N+](=O)[O-])cc(Cl)c1N. The molecule has 1 aliphatic heterocycles. The molecule has 0 spiro atoms. The smallest absolute Gasteiger partial charge is 0.271 e. The van der Waals surface area contributed by atoms with Gasteiger partial charge in [0.25, 0.3) is 11.6 Å². The van der Waals surface area contributed by atoms with Gasteiger partial charge in [-0.3, -0.25) is 14.9 Å². The highest BCUT2D eigenvalue weighted by molar-refractivity contribution is 6.34. The molecule has 108 valence electrons. The molecule has 0 aliphatic carbocycles. The van der Waals surface area contributed by atoms with Gasteiger partial charge in [0, 0.05) is 18.7 Å². The van der Waals surface area contributed by atoms with Gasteiger partial charge in [0.15, 0.2) is 0 Å². The molecule has 2 rings (SSSR count). The van der Waals surface area contributed by atoms with Gasteiger partial charge in [0.1, 0.15) is 0 Å². The van der Waals surface area contributed by atoms with E-state index in [9.17, 15) is 14.9 Å². The van der Waals surface area contributed by atoms with Crippen molar-refractivity contribution < 1.29 is 14.5 Å². The van der Waals surface area contributed by atoms with Crippen molar-refractivity contribution in [3.8, 4) is 0 Å². The van der Waals surface area contributed by atoms with Gasteiger partial charge in [0.05, 0.1) is 33.3 Å². The van der Waals surface area contributed by atoms with Crippen molar-refractivity contribution in [1.82, 2.24) is 5.32 Å². The maximum absolute atomic E-state index is 12.2. The van der Waals surface area contributed by atoms with Gasteiger partial charge in [-0.25, -0.2) is 0 Å². The van der Waals surface area contributed by atoms with E-state index in [2.05, 4.69) is 5.32 Å². The van der Waals surface area contributed by atoms with E-state index in [1.54, 1.807) is 0 Å². The van der Waals surface area contributed by atoms with Gasteiger partial charge < -0.3 is 15.8 Å². The van der Waals surface area contributed by atoms with Crippen molar-refractivity contribution in [3.63, 3.8) is 0 Å². The molecule has 1 aromatic rings. The van der Waals surface area contributed by atoms with E-state index in [1.807, 2.05) is 6.92 Å². The van der Waals surface area contributed by atoms with E-state index >= 15 is 0 Å². The zero-order valence-corrected chi connectivity index (χ0v) is 11.5. The first-order valence-electron chi connectivity index (χ1n) is 6.06. The number of nitrogen functional groups attached to an aromatic ring is 1. The van der Waals surface area contributed by atoms with Crippen LogP contribution in [-0.4, -0.2) is 29.6 Å². The molecule has 20 heavy (non-hydrogen) atoms. The van der Waals surface area contributed by atoms with Gasteiger partial charge in [-0.05, 0) is 13.3 Å². The molecule has 1 heterocycles. The number of hydrogen-bond donors (Lipinski definition) is 2. The van der Waals surface area contributed by atoms with E-state index in [4.69, 9.17) is 22.1 Å². The molecule has 0 saturated carbocycles. The second kappa shape index (κ2) is 5.64. The number of ether oxygens (including phenoxy) is 1. The first-order chi connectivity index (χ1) is 9.40. The third-order valence-corrected chi connectivity index (χ3v) is 3.58. The Morgan fingerprint density at radius 2 is 2.30 bits per heavy atom. The zero-order chi connectivity index (χ0) is 14.9. The van der Waals surface area contributed by atoms with Gasteiger partial charge in [0.2, 0.25) is 0 Å². The summed E-state index contributed by atoms with van der Waals surface area (Å²) in [6, 6.07) is 2.10. The molecule has 7 nitrogen and oxygen atoms in total. The molecule has 1 amide bonds. The lowest BCUT2D eigenvalue weighted by Crippen LogP contribution is -2.39. The number of halogens is 1. The van der Waals surface area contributed by atoms with Crippen LogP contribution in [0.15, 0.2) is 12.1 Å². The quantitative estimate of drug-likeness (QED) is 0.502. The third-order valence-electron chi connectivity index (χ3n) is 3.26. The Morgan fingerprint density at radius 3 is 2.85 bits per heavy atom. The van der Waals surface area contributed by atoms with Crippen LogP contribution in [0.2, 0.25) is 5.02 Å². The summed E-state index contributed by atoms with van der Waals surface area (Å²) in [5, 5.41) is 13.5. The number of hydrogen-bond acceptors (Lipinski definition) is 5. The monoisotopic (exact) mass is 299 g/mol. The highest BCUT2D eigenvalue weighted by Crippen LogP contribution is 2.29. The van der Waals surface area contributed by atoms with E-state index < -0.39 is 10.8 Å². The Kier molecular flexibility index (Phi) is 4.10. The number of anilines is 1. The van der Waals surface area contributed by atoms with Crippen LogP contribution in [0.25, 0.3) is 0 Å². The Labute approximate surface area is 120 Å². The molecular formula is C12H14ClN3O4. The van der Waals surface area contributed by atoms with Crippen LogP contribution >= 0.6 is 11.6 Å². The number of carbonyl (C=O) groups is 1. The van der Waals surface area contributed by atoms with Crippen LogP contribution in [0.5, 0.6) is 0 Å². The fourth-order valence-electron chi connectivity index (χ4n) is 2.06. The van der Waals surface area contributed by atoms with Crippen molar-refractivity contribution in [2.45, 2.75) is 25.5 Å². The largest absolute Gasteiger partial charge is 0.397 e. The molecule has 0 radical (unpaired) electrons. The van der Waals surface area contributed by atoms with E-state index in [0.29, 0.717) is 13.0 Å². The molecule has 8 heteroatoms. The fourth-order valence-corrected chi connectivity index (χ4v) is 2.28. The summed E-state index contributed by atoms with van der Waals surface area (Å²) in [6.07, 6.45) is 0.587. The Balaban J connectivity index is 2.26. The molecule has 3 N–H and O–H groups in total. The minimum absolute atomic E-state index is 0.00306. The van der Waals surface area contributed by atoms with E-state index in [1.165, 1.54) is 0 Å². The van der Waals surface area contributed by atoms with Gasteiger partial charge in [-0.1, -0.05) is 11.6 Å². The second-order valence-corrected chi connectivity index (χ2v) is 5.00. The van der Waals surface area contributed by atoms with Crippen LogP contribution in [0.3, 0.4) is 0 Å². The van der Waals surface area contributed by atoms with Crippen molar-refractivity contribution in [2.24, 2.45) is 0 Å². The number of nitrogens with one attached hydrogen (secondary N) is 1. The maximum atomic E-state index is 12.2. The number of non-ortho nitro benzene ring substituents is 1. The average molecular weight is 300 g/mol. The predicted octanol–water partition coefficient (Wildman–Crippen LogP) is 1.74. The van der Waals surface area contributed by atoms with Gasteiger partial charge in [-0.15, -0.1) is 0 Å². The average Bonchev–Trinajstić information content (AvgIpc) is 2.77. The van der Waals surface area contributed by atoms with Crippen molar-refractivity contribution >= 4 is 28.9 Å². The molecule has 1 saturated heterocycles. The second-order valence-electron chi connectivity index (χ2n) is 4.59. The number of nitro benzene ring substituents is 1. The first kappa shape index (κ1) is 14.5. The lowest BCUT2D eigenvalue weighted by Gasteiger charge is -2.16. The van der Waals surface area contributed by atoms with Crippen LogP contribution in [-0.2, 0) is 4.74 Å². The van der Waals surface area contributed by atoms with Crippen molar-refractivity contribution in [1.29, 1.82) is 0 Å². The van der Waals surface area contributed by atoms with Crippen LogP contribution < -0.4 is 11.1 Å². The number of benzene rings is 1. The Hall–Kier alpha value is -1.86. The summed E-state index contributed by atoms with van der Waals surface area (Å²) in [5.74, 6) is -0.490. The summed E-state index contributed by atoms with van der Waals surface area (Å²) in [7, 11) is 0. The van der Waals surface area contributed by atoms with Crippen LogP contribution in [0.1, 0.15) is 23.7 Å². The third kappa shape index (κ3) is 2.83. The van der Waals surface area contributed by atoms with Crippen LogP contribution in [0, 0.1) is 10.1 Å². The molecule has 1 aliphatic rings. The molecule has 2 atom stereocenters. The minimum Gasteiger partial charge on any atom is -0.397 e.